The van der Waals surface area contributed by atoms with Crippen LogP contribution in [0.25, 0.3) is 10.6 Å². The first kappa shape index (κ1) is 13.8. The maximum absolute atomic E-state index is 6.12. The van der Waals surface area contributed by atoms with Gasteiger partial charge in [-0.3, -0.25) is 0 Å². The van der Waals surface area contributed by atoms with Crippen molar-refractivity contribution in [3.8, 4) is 16.3 Å². The van der Waals surface area contributed by atoms with E-state index in [-0.39, 0.29) is 6.04 Å². The van der Waals surface area contributed by atoms with Gasteiger partial charge in [0.1, 0.15) is 17.4 Å². The molecule has 0 spiro atoms. The zero-order valence-electron chi connectivity index (χ0n) is 11.5. The zero-order chi connectivity index (χ0) is 14.5. The Morgan fingerprint density at radius 2 is 1.81 bits per heavy atom. The summed E-state index contributed by atoms with van der Waals surface area (Å²) in [6, 6.07) is 17.8. The second-order valence-electron chi connectivity index (χ2n) is 4.69. The topological polar surface area (TPSA) is 48.1 Å². The van der Waals surface area contributed by atoms with Gasteiger partial charge >= 0.3 is 0 Å². The van der Waals surface area contributed by atoms with E-state index in [4.69, 9.17) is 10.5 Å². The standard InChI is InChI=1S/C17H16N2OS/c18-16(13-4-2-1-3-5-13)12-20-15-8-6-14(7-9-15)17-19-10-11-21-17/h1-11,16H,12,18H2/t16-/m0/s1. The van der Waals surface area contributed by atoms with Gasteiger partial charge in [0.15, 0.2) is 0 Å². The van der Waals surface area contributed by atoms with Gasteiger partial charge in [-0.1, -0.05) is 30.3 Å². The summed E-state index contributed by atoms with van der Waals surface area (Å²) in [5, 5.41) is 2.99. The molecule has 106 valence electrons. The van der Waals surface area contributed by atoms with E-state index >= 15 is 0 Å². The normalized spacial score (nSPS) is 12.0. The van der Waals surface area contributed by atoms with Gasteiger partial charge in [0.05, 0.1) is 6.04 Å². The minimum atomic E-state index is -0.121. The summed E-state index contributed by atoms with van der Waals surface area (Å²) in [5.74, 6) is 0.821. The molecule has 3 rings (SSSR count). The van der Waals surface area contributed by atoms with E-state index in [1.807, 2.05) is 66.2 Å². The van der Waals surface area contributed by atoms with E-state index in [9.17, 15) is 0 Å². The zero-order valence-corrected chi connectivity index (χ0v) is 12.3. The monoisotopic (exact) mass is 296 g/mol. The number of ether oxygens (including phenoxy) is 1. The van der Waals surface area contributed by atoms with Crippen molar-refractivity contribution in [2.45, 2.75) is 6.04 Å². The van der Waals surface area contributed by atoms with Crippen LogP contribution in [0.1, 0.15) is 11.6 Å². The number of nitrogens with zero attached hydrogens (tertiary/aromatic N) is 1. The van der Waals surface area contributed by atoms with Crippen LogP contribution < -0.4 is 10.5 Å². The SMILES string of the molecule is N[C@@H](COc1ccc(-c2nccs2)cc1)c1ccccc1. The highest BCUT2D eigenvalue weighted by molar-refractivity contribution is 7.13. The smallest absolute Gasteiger partial charge is 0.123 e. The van der Waals surface area contributed by atoms with Crippen molar-refractivity contribution >= 4 is 11.3 Å². The first-order chi connectivity index (χ1) is 10.3. The molecule has 21 heavy (non-hydrogen) atoms. The largest absolute Gasteiger partial charge is 0.492 e. The number of benzene rings is 2. The molecule has 0 unspecified atom stereocenters. The van der Waals surface area contributed by atoms with Gasteiger partial charge in [-0.25, -0.2) is 4.98 Å². The summed E-state index contributed by atoms with van der Waals surface area (Å²) >= 11 is 1.63. The summed E-state index contributed by atoms with van der Waals surface area (Å²) in [6.07, 6.45) is 1.81. The van der Waals surface area contributed by atoms with Crippen LogP contribution in [0.5, 0.6) is 5.75 Å². The Morgan fingerprint density at radius 3 is 2.48 bits per heavy atom. The van der Waals surface area contributed by atoms with E-state index in [1.54, 1.807) is 11.3 Å². The molecule has 0 saturated heterocycles. The van der Waals surface area contributed by atoms with Gasteiger partial charge in [0.2, 0.25) is 0 Å². The molecule has 4 heteroatoms. The molecule has 3 aromatic rings. The lowest BCUT2D eigenvalue weighted by Crippen LogP contribution is -2.18. The molecule has 0 amide bonds. The van der Waals surface area contributed by atoms with Crippen molar-refractivity contribution in [1.82, 2.24) is 4.98 Å². The lowest BCUT2D eigenvalue weighted by molar-refractivity contribution is 0.290. The van der Waals surface area contributed by atoms with E-state index in [2.05, 4.69) is 4.98 Å². The Hall–Kier alpha value is -2.17. The molecule has 0 aliphatic rings. The van der Waals surface area contributed by atoms with Crippen molar-refractivity contribution in [3.63, 3.8) is 0 Å². The Morgan fingerprint density at radius 1 is 1.05 bits per heavy atom. The molecule has 1 aromatic heterocycles. The van der Waals surface area contributed by atoms with Crippen LogP contribution in [0, 0.1) is 0 Å². The highest BCUT2D eigenvalue weighted by Crippen LogP contribution is 2.24. The fourth-order valence-electron chi connectivity index (χ4n) is 2.04. The fraction of sp³-hybridized carbons (Fsp3) is 0.118. The number of thiazole rings is 1. The number of nitrogens with two attached hydrogens (primary N) is 1. The van der Waals surface area contributed by atoms with Crippen LogP contribution in [0.3, 0.4) is 0 Å². The summed E-state index contributed by atoms with van der Waals surface area (Å²) < 4.78 is 5.75. The van der Waals surface area contributed by atoms with Gasteiger partial charge in [-0.15, -0.1) is 11.3 Å². The molecule has 0 aliphatic heterocycles. The first-order valence-corrected chi connectivity index (χ1v) is 7.64. The quantitative estimate of drug-likeness (QED) is 0.777. The van der Waals surface area contributed by atoms with Crippen LogP contribution in [-0.2, 0) is 0 Å². The molecule has 3 nitrogen and oxygen atoms in total. The molecule has 0 saturated carbocycles. The maximum atomic E-state index is 6.12. The molecule has 0 aliphatic carbocycles. The molecule has 1 heterocycles. The van der Waals surface area contributed by atoms with E-state index < -0.39 is 0 Å². The third kappa shape index (κ3) is 3.48. The molecule has 0 fully saturated rings. The predicted octanol–water partition coefficient (Wildman–Crippen LogP) is 3.89. The van der Waals surface area contributed by atoms with Crippen molar-refractivity contribution in [2.75, 3.05) is 6.61 Å². The van der Waals surface area contributed by atoms with E-state index in [0.717, 1.165) is 21.9 Å². The molecular formula is C17H16N2OS. The van der Waals surface area contributed by atoms with E-state index in [0.29, 0.717) is 6.61 Å². The Balaban J connectivity index is 1.61. The lowest BCUT2D eigenvalue weighted by Gasteiger charge is -2.13. The van der Waals surface area contributed by atoms with Crippen molar-refractivity contribution in [2.24, 2.45) is 5.73 Å². The number of aromatic nitrogens is 1. The van der Waals surface area contributed by atoms with Crippen molar-refractivity contribution < 1.29 is 4.74 Å². The van der Waals surface area contributed by atoms with Crippen LogP contribution in [-0.4, -0.2) is 11.6 Å². The second kappa shape index (κ2) is 6.52. The Bertz CT molecular complexity index is 666. The highest BCUT2D eigenvalue weighted by Gasteiger charge is 2.06. The highest BCUT2D eigenvalue weighted by atomic mass is 32.1. The van der Waals surface area contributed by atoms with Crippen LogP contribution in [0.2, 0.25) is 0 Å². The number of hydrogen-bond acceptors (Lipinski definition) is 4. The Kier molecular flexibility index (Phi) is 4.28. The third-order valence-corrected chi connectivity index (χ3v) is 4.01. The summed E-state index contributed by atoms with van der Waals surface area (Å²) in [5.41, 5.74) is 8.30. The summed E-state index contributed by atoms with van der Waals surface area (Å²) in [7, 11) is 0. The number of hydrogen-bond donors (Lipinski definition) is 1. The molecule has 2 aromatic carbocycles. The second-order valence-corrected chi connectivity index (χ2v) is 5.58. The van der Waals surface area contributed by atoms with Crippen LogP contribution in [0.4, 0.5) is 0 Å². The van der Waals surface area contributed by atoms with E-state index in [1.165, 1.54) is 0 Å². The molecule has 1 atom stereocenters. The Labute approximate surface area is 128 Å². The van der Waals surface area contributed by atoms with Crippen molar-refractivity contribution in [1.29, 1.82) is 0 Å². The van der Waals surface area contributed by atoms with Crippen molar-refractivity contribution in [3.05, 3.63) is 71.7 Å². The van der Waals surface area contributed by atoms with Crippen LogP contribution >= 0.6 is 11.3 Å². The minimum Gasteiger partial charge on any atom is -0.492 e. The molecule has 0 bridgehead atoms. The van der Waals surface area contributed by atoms with Gasteiger partial charge in [0, 0.05) is 17.1 Å². The number of rotatable bonds is 5. The lowest BCUT2D eigenvalue weighted by atomic mass is 10.1. The van der Waals surface area contributed by atoms with Gasteiger partial charge in [0.25, 0.3) is 0 Å². The van der Waals surface area contributed by atoms with Gasteiger partial charge < -0.3 is 10.5 Å². The summed E-state index contributed by atoms with van der Waals surface area (Å²) in [4.78, 5) is 4.29. The maximum Gasteiger partial charge on any atom is 0.123 e. The van der Waals surface area contributed by atoms with Gasteiger partial charge in [-0.05, 0) is 29.8 Å². The first-order valence-electron chi connectivity index (χ1n) is 6.76. The average Bonchev–Trinajstić information content (AvgIpc) is 3.08. The summed E-state index contributed by atoms with van der Waals surface area (Å²) in [6.45, 7) is 0.459. The predicted molar refractivity (Wildman–Crippen MR) is 86.4 cm³/mol. The minimum absolute atomic E-state index is 0.121. The molecular weight excluding hydrogens is 280 g/mol. The molecule has 2 N–H and O–H groups in total. The molecule has 0 radical (unpaired) electrons. The van der Waals surface area contributed by atoms with Gasteiger partial charge in [-0.2, -0.15) is 0 Å². The average molecular weight is 296 g/mol. The van der Waals surface area contributed by atoms with Crippen LogP contribution in [0.15, 0.2) is 66.2 Å². The third-order valence-electron chi connectivity index (χ3n) is 3.19. The fourth-order valence-corrected chi connectivity index (χ4v) is 2.69.